The molecule has 0 radical (unpaired) electrons. The van der Waals surface area contributed by atoms with Gasteiger partial charge in [0.2, 0.25) is 5.88 Å². The topological polar surface area (TPSA) is 74.3 Å². The maximum atomic E-state index is 5.06. The van der Waals surface area contributed by atoms with E-state index in [-0.39, 0.29) is 24.0 Å². The maximum Gasteiger partial charge on any atom is 0.212 e. The molecule has 3 aromatic rings. The molecule has 7 heteroatoms. The minimum atomic E-state index is 0. The van der Waals surface area contributed by atoms with Crippen LogP contribution in [0.2, 0.25) is 0 Å². The summed E-state index contributed by atoms with van der Waals surface area (Å²) >= 11 is 0. The highest BCUT2D eigenvalue weighted by Crippen LogP contribution is 2.17. The number of ether oxygens (including phenoxy) is 1. The van der Waals surface area contributed by atoms with Crippen LogP contribution in [0, 0.1) is 0 Å². The van der Waals surface area contributed by atoms with Crippen LogP contribution in [0.3, 0.4) is 0 Å². The Morgan fingerprint density at radius 1 is 1.19 bits per heavy atom. The number of hydrogen-bond acceptors (Lipinski definition) is 3. The predicted octanol–water partition coefficient (Wildman–Crippen LogP) is 3.10. The molecule has 0 spiro atoms. The van der Waals surface area contributed by atoms with E-state index < -0.39 is 0 Å². The first-order valence-electron chi connectivity index (χ1n) is 8.28. The zero-order valence-electron chi connectivity index (χ0n) is 15.0. The number of pyridine rings is 1. The molecule has 138 valence electrons. The van der Waals surface area contributed by atoms with Crippen molar-refractivity contribution in [1.29, 1.82) is 0 Å². The summed E-state index contributed by atoms with van der Waals surface area (Å²) < 4.78 is 5.06. The van der Waals surface area contributed by atoms with Gasteiger partial charge in [-0.05, 0) is 23.6 Å². The zero-order valence-corrected chi connectivity index (χ0v) is 17.3. The Kier molecular flexibility index (Phi) is 7.71. The number of aliphatic imine (C=N–C) groups is 1. The quantitative estimate of drug-likeness (QED) is 0.297. The van der Waals surface area contributed by atoms with E-state index in [1.54, 1.807) is 20.4 Å². The van der Waals surface area contributed by atoms with E-state index in [1.165, 1.54) is 16.5 Å². The molecule has 2 aromatic heterocycles. The molecular formula is C19H24IN5O. The van der Waals surface area contributed by atoms with Crippen LogP contribution >= 0.6 is 24.0 Å². The van der Waals surface area contributed by atoms with Crippen LogP contribution in [0.15, 0.2) is 53.8 Å². The molecule has 0 aliphatic heterocycles. The second-order valence-electron chi connectivity index (χ2n) is 5.67. The van der Waals surface area contributed by atoms with E-state index in [1.807, 2.05) is 18.2 Å². The molecule has 0 fully saturated rings. The number of rotatable bonds is 6. The molecule has 3 rings (SSSR count). The number of hydrogen-bond donors (Lipinski definition) is 3. The van der Waals surface area contributed by atoms with Gasteiger partial charge in [-0.15, -0.1) is 24.0 Å². The third-order valence-corrected chi connectivity index (χ3v) is 4.05. The standard InChI is InChI=1S/C19H23N5O.HI/c1-20-19(24-12-14-7-8-18(25-2)23-11-14)21-10-9-15-13-22-17-6-4-3-5-16(15)17;/h3-8,11,13,22H,9-10,12H2,1-2H3,(H2,20,21,24);1H. The predicted molar refractivity (Wildman–Crippen MR) is 116 cm³/mol. The summed E-state index contributed by atoms with van der Waals surface area (Å²) in [5.74, 6) is 1.39. The lowest BCUT2D eigenvalue weighted by atomic mass is 10.1. The summed E-state index contributed by atoms with van der Waals surface area (Å²) in [6.07, 6.45) is 4.80. The van der Waals surface area contributed by atoms with Crippen molar-refractivity contribution in [2.45, 2.75) is 13.0 Å². The fourth-order valence-electron chi connectivity index (χ4n) is 2.70. The number of aromatic amines is 1. The van der Waals surface area contributed by atoms with Gasteiger partial charge in [-0.25, -0.2) is 4.98 Å². The molecule has 0 amide bonds. The Morgan fingerprint density at radius 2 is 2.04 bits per heavy atom. The molecule has 0 saturated heterocycles. The van der Waals surface area contributed by atoms with Crippen LogP contribution < -0.4 is 15.4 Å². The second-order valence-corrected chi connectivity index (χ2v) is 5.67. The van der Waals surface area contributed by atoms with Gasteiger partial charge >= 0.3 is 0 Å². The van der Waals surface area contributed by atoms with E-state index in [2.05, 4.69) is 50.0 Å². The smallest absolute Gasteiger partial charge is 0.212 e. The monoisotopic (exact) mass is 465 g/mol. The van der Waals surface area contributed by atoms with Crippen molar-refractivity contribution in [2.75, 3.05) is 20.7 Å². The van der Waals surface area contributed by atoms with Crippen LogP contribution in [-0.4, -0.2) is 36.6 Å². The summed E-state index contributed by atoms with van der Waals surface area (Å²) in [4.78, 5) is 11.8. The normalized spacial score (nSPS) is 11.1. The van der Waals surface area contributed by atoms with E-state index in [0.29, 0.717) is 12.4 Å². The van der Waals surface area contributed by atoms with Crippen molar-refractivity contribution < 1.29 is 4.74 Å². The highest BCUT2D eigenvalue weighted by Gasteiger charge is 2.04. The Labute approximate surface area is 170 Å². The molecule has 0 unspecified atom stereocenters. The molecule has 0 bridgehead atoms. The third-order valence-electron chi connectivity index (χ3n) is 4.05. The summed E-state index contributed by atoms with van der Waals surface area (Å²) in [6.45, 7) is 1.46. The molecule has 2 heterocycles. The number of fused-ring (bicyclic) bond motifs is 1. The number of nitrogens with one attached hydrogen (secondary N) is 3. The van der Waals surface area contributed by atoms with Crippen LogP contribution in [0.5, 0.6) is 5.88 Å². The number of methoxy groups -OCH3 is 1. The van der Waals surface area contributed by atoms with E-state index >= 15 is 0 Å². The molecular weight excluding hydrogens is 441 g/mol. The number of nitrogens with zero attached hydrogens (tertiary/aromatic N) is 2. The Morgan fingerprint density at radius 3 is 2.77 bits per heavy atom. The van der Waals surface area contributed by atoms with Crippen molar-refractivity contribution in [3.63, 3.8) is 0 Å². The Hall–Kier alpha value is -2.29. The number of guanidine groups is 1. The highest BCUT2D eigenvalue weighted by atomic mass is 127. The van der Waals surface area contributed by atoms with Crippen LogP contribution in [0.1, 0.15) is 11.1 Å². The zero-order chi connectivity index (χ0) is 17.5. The fraction of sp³-hybridized carbons (Fsp3) is 0.263. The van der Waals surface area contributed by atoms with E-state index in [9.17, 15) is 0 Å². The van der Waals surface area contributed by atoms with E-state index in [4.69, 9.17) is 4.74 Å². The molecule has 0 atom stereocenters. The number of halogens is 1. The molecule has 6 nitrogen and oxygen atoms in total. The molecule has 0 aliphatic carbocycles. The largest absolute Gasteiger partial charge is 0.481 e. The van der Waals surface area contributed by atoms with Gasteiger partial charge in [0, 0.05) is 49.5 Å². The molecule has 0 aliphatic rings. The molecule has 26 heavy (non-hydrogen) atoms. The van der Waals surface area contributed by atoms with Crippen molar-refractivity contribution in [2.24, 2.45) is 4.99 Å². The summed E-state index contributed by atoms with van der Waals surface area (Å²) in [6, 6.07) is 12.2. The average Bonchev–Trinajstić information content (AvgIpc) is 3.08. The molecule has 3 N–H and O–H groups in total. The van der Waals surface area contributed by atoms with Gasteiger partial charge in [0.1, 0.15) is 0 Å². The van der Waals surface area contributed by atoms with Gasteiger partial charge in [-0.1, -0.05) is 24.3 Å². The number of aromatic nitrogens is 2. The summed E-state index contributed by atoms with van der Waals surface area (Å²) in [5, 5.41) is 7.91. The van der Waals surface area contributed by atoms with Crippen LogP contribution in [0.4, 0.5) is 0 Å². The molecule has 1 aromatic carbocycles. The first kappa shape index (κ1) is 20.0. The SMILES string of the molecule is CN=C(NCCc1c[nH]c2ccccc12)NCc1ccc(OC)nc1.I. The third kappa shape index (κ3) is 5.10. The van der Waals surface area contributed by atoms with Crippen LogP contribution in [-0.2, 0) is 13.0 Å². The first-order chi connectivity index (χ1) is 12.3. The van der Waals surface area contributed by atoms with Crippen molar-refractivity contribution >= 4 is 40.8 Å². The lowest BCUT2D eigenvalue weighted by Gasteiger charge is -2.12. The van der Waals surface area contributed by atoms with Crippen molar-refractivity contribution in [3.05, 3.63) is 59.9 Å². The lowest BCUT2D eigenvalue weighted by Crippen LogP contribution is -2.37. The summed E-state index contributed by atoms with van der Waals surface area (Å²) in [5.41, 5.74) is 3.55. The Bertz CT molecular complexity index is 845. The fourth-order valence-corrected chi connectivity index (χ4v) is 2.70. The maximum absolute atomic E-state index is 5.06. The average molecular weight is 465 g/mol. The number of para-hydroxylation sites is 1. The van der Waals surface area contributed by atoms with E-state index in [0.717, 1.165) is 24.5 Å². The van der Waals surface area contributed by atoms with Gasteiger partial charge in [0.25, 0.3) is 0 Å². The second kappa shape index (κ2) is 10.0. The van der Waals surface area contributed by atoms with Gasteiger partial charge in [-0.2, -0.15) is 0 Å². The Balaban J connectivity index is 0.00000243. The van der Waals surface area contributed by atoms with Gasteiger partial charge in [0.05, 0.1) is 7.11 Å². The first-order valence-corrected chi connectivity index (χ1v) is 8.28. The highest BCUT2D eigenvalue weighted by molar-refractivity contribution is 14.0. The number of H-pyrrole nitrogens is 1. The van der Waals surface area contributed by atoms with Gasteiger partial charge < -0.3 is 20.4 Å². The van der Waals surface area contributed by atoms with Gasteiger partial charge in [-0.3, -0.25) is 4.99 Å². The van der Waals surface area contributed by atoms with Crippen molar-refractivity contribution in [1.82, 2.24) is 20.6 Å². The minimum absolute atomic E-state index is 0. The van der Waals surface area contributed by atoms with Crippen molar-refractivity contribution in [3.8, 4) is 5.88 Å². The van der Waals surface area contributed by atoms with Crippen LogP contribution in [0.25, 0.3) is 10.9 Å². The molecule has 0 saturated carbocycles. The number of benzene rings is 1. The summed E-state index contributed by atoms with van der Waals surface area (Å²) in [7, 11) is 3.38. The lowest BCUT2D eigenvalue weighted by molar-refractivity contribution is 0.397. The minimum Gasteiger partial charge on any atom is -0.481 e. The van der Waals surface area contributed by atoms with Gasteiger partial charge in [0.15, 0.2) is 5.96 Å².